The molecule has 6 rings (SSSR count). The minimum atomic E-state index is -0.179. The first-order valence-electron chi connectivity index (χ1n) is 13.9. The number of hydrogen-bond acceptors (Lipinski definition) is 5. The number of amides is 1. The molecule has 1 aliphatic carbocycles. The number of fused-ring (bicyclic) bond motifs is 1. The predicted molar refractivity (Wildman–Crippen MR) is 160 cm³/mol. The van der Waals surface area contributed by atoms with Gasteiger partial charge in [0.15, 0.2) is 0 Å². The van der Waals surface area contributed by atoms with Crippen LogP contribution in [0.5, 0.6) is 0 Å². The van der Waals surface area contributed by atoms with Gasteiger partial charge in [-0.15, -0.1) is 0 Å². The number of pyridine rings is 2. The molecule has 8 heteroatoms. The van der Waals surface area contributed by atoms with Crippen LogP contribution in [-0.4, -0.2) is 30.7 Å². The summed E-state index contributed by atoms with van der Waals surface area (Å²) in [6.07, 6.45) is 8.60. The fraction of sp³-hybridized carbons (Fsp3) is 0.212. The van der Waals surface area contributed by atoms with Crippen molar-refractivity contribution < 1.29 is 4.79 Å². The van der Waals surface area contributed by atoms with E-state index in [0.29, 0.717) is 23.8 Å². The van der Waals surface area contributed by atoms with Crippen molar-refractivity contribution in [2.45, 2.75) is 44.9 Å². The summed E-state index contributed by atoms with van der Waals surface area (Å²) < 4.78 is 0. The molecule has 2 aromatic carbocycles. The van der Waals surface area contributed by atoms with E-state index >= 15 is 0 Å². The monoisotopic (exact) mass is 562 g/mol. The van der Waals surface area contributed by atoms with Crippen LogP contribution >= 0.6 is 11.6 Å². The molecule has 0 spiro atoms. The Labute approximate surface area is 244 Å². The van der Waals surface area contributed by atoms with Crippen LogP contribution in [0.25, 0.3) is 11.3 Å². The lowest BCUT2D eigenvalue weighted by Gasteiger charge is -2.34. The second-order valence-corrected chi connectivity index (χ2v) is 10.7. The molecule has 3 aromatic heterocycles. The summed E-state index contributed by atoms with van der Waals surface area (Å²) in [6, 6.07) is 26.3. The number of benzene rings is 2. The summed E-state index contributed by atoms with van der Waals surface area (Å²) in [6.45, 7) is 1.86. The minimum Gasteiger partial charge on any atom is -0.348 e. The third-order valence-electron chi connectivity index (χ3n) is 7.52. The molecule has 41 heavy (non-hydrogen) atoms. The highest BCUT2D eigenvalue weighted by molar-refractivity contribution is 6.29. The molecule has 5 aromatic rings. The standard InChI is InChI=1S/C33H31ClN6O/c34-30-18-27(15-17-35-30)33(41)38-19-23-11-13-24(14-12-23)21-40(29-10-4-8-26-9-5-16-36-32(26)29)22-31-37-20-28(39-31)25-6-2-1-3-7-25/h1-3,5-7,9,11-18,20,29H,4,8,10,19,21-22H2,(H,37,39)(H,38,41). The molecular formula is C33H31ClN6O. The highest BCUT2D eigenvalue weighted by atomic mass is 35.5. The number of halogens is 1. The molecule has 0 saturated carbocycles. The summed E-state index contributed by atoms with van der Waals surface area (Å²) in [7, 11) is 0. The first kappa shape index (κ1) is 26.9. The maximum absolute atomic E-state index is 12.5. The largest absolute Gasteiger partial charge is 0.348 e. The van der Waals surface area contributed by atoms with Crippen molar-refractivity contribution in [3.8, 4) is 11.3 Å². The normalized spacial score (nSPS) is 14.5. The number of H-pyrrole nitrogens is 1. The molecule has 7 nitrogen and oxygen atoms in total. The van der Waals surface area contributed by atoms with Gasteiger partial charge < -0.3 is 10.3 Å². The van der Waals surface area contributed by atoms with E-state index < -0.39 is 0 Å². The molecule has 0 radical (unpaired) electrons. The molecule has 1 aliphatic rings. The number of rotatable bonds is 9. The smallest absolute Gasteiger partial charge is 0.251 e. The van der Waals surface area contributed by atoms with Gasteiger partial charge in [-0.25, -0.2) is 9.97 Å². The number of imidazole rings is 1. The van der Waals surface area contributed by atoms with Crippen molar-refractivity contribution in [3.05, 3.63) is 136 Å². The minimum absolute atomic E-state index is 0.179. The highest BCUT2D eigenvalue weighted by Gasteiger charge is 2.28. The van der Waals surface area contributed by atoms with Gasteiger partial charge in [-0.05, 0) is 59.7 Å². The van der Waals surface area contributed by atoms with Crippen molar-refractivity contribution in [2.24, 2.45) is 0 Å². The fourth-order valence-electron chi connectivity index (χ4n) is 5.44. The lowest BCUT2D eigenvalue weighted by atomic mass is 9.90. The number of nitrogens with one attached hydrogen (secondary N) is 2. The number of aromatic nitrogens is 4. The molecule has 0 fully saturated rings. The maximum atomic E-state index is 12.5. The summed E-state index contributed by atoms with van der Waals surface area (Å²) in [5, 5.41) is 3.26. The van der Waals surface area contributed by atoms with Gasteiger partial charge in [-0.2, -0.15) is 0 Å². The Morgan fingerprint density at radius 2 is 1.76 bits per heavy atom. The van der Waals surface area contributed by atoms with E-state index in [1.54, 1.807) is 12.1 Å². The van der Waals surface area contributed by atoms with Crippen LogP contribution < -0.4 is 5.32 Å². The zero-order valence-electron chi connectivity index (χ0n) is 22.6. The Bertz CT molecular complexity index is 1620. The van der Waals surface area contributed by atoms with Gasteiger partial charge >= 0.3 is 0 Å². The Morgan fingerprint density at radius 3 is 2.59 bits per heavy atom. The molecule has 2 N–H and O–H groups in total. The molecule has 1 unspecified atom stereocenters. The number of hydrogen-bond donors (Lipinski definition) is 2. The molecule has 206 valence electrons. The second kappa shape index (κ2) is 12.5. The van der Waals surface area contributed by atoms with Gasteiger partial charge in [0.05, 0.1) is 30.2 Å². The zero-order valence-corrected chi connectivity index (χ0v) is 23.4. The van der Waals surface area contributed by atoms with Crippen molar-refractivity contribution in [3.63, 3.8) is 0 Å². The van der Waals surface area contributed by atoms with Crippen molar-refractivity contribution in [1.29, 1.82) is 0 Å². The first-order chi connectivity index (χ1) is 20.1. The topological polar surface area (TPSA) is 86.8 Å². The Balaban J connectivity index is 1.18. The van der Waals surface area contributed by atoms with Gasteiger partial charge in [-0.1, -0.05) is 72.3 Å². The van der Waals surface area contributed by atoms with Gasteiger partial charge in [0.2, 0.25) is 0 Å². The van der Waals surface area contributed by atoms with E-state index in [9.17, 15) is 4.79 Å². The highest BCUT2D eigenvalue weighted by Crippen LogP contribution is 2.34. The Morgan fingerprint density at radius 1 is 0.927 bits per heavy atom. The van der Waals surface area contributed by atoms with E-state index in [0.717, 1.165) is 48.5 Å². The van der Waals surface area contributed by atoms with Crippen LogP contribution in [0.2, 0.25) is 5.15 Å². The van der Waals surface area contributed by atoms with E-state index in [2.05, 4.69) is 62.6 Å². The quantitative estimate of drug-likeness (QED) is 0.199. The summed E-state index contributed by atoms with van der Waals surface area (Å²) in [5.41, 5.74) is 7.35. The number of nitrogens with zero attached hydrogens (tertiary/aromatic N) is 4. The van der Waals surface area contributed by atoms with E-state index in [-0.39, 0.29) is 11.9 Å². The van der Waals surface area contributed by atoms with E-state index in [4.69, 9.17) is 21.6 Å². The number of carbonyl (C=O) groups excluding carboxylic acids is 1. The van der Waals surface area contributed by atoms with Crippen LogP contribution in [0, 0.1) is 0 Å². The number of carbonyl (C=O) groups is 1. The Hall–Kier alpha value is -4.33. The Kier molecular flexibility index (Phi) is 8.16. The lowest BCUT2D eigenvalue weighted by Crippen LogP contribution is -2.31. The maximum Gasteiger partial charge on any atom is 0.251 e. The average Bonchev–Trinajstić information content (AvgIpc) is 3.49. The van der Waals surface area contributed by atoms with Gasteiger partial charge in [0.1, 0.15) is 11.0 Å². The first-order valence-corrected chi connectivity index (χ1v) is 14.2. The van der Waals surface area contributed by atoms with E-state index in [1.165, 1.54) is 23.0 Å². The van der Waals surface area contributed by atoms with Gasteiger partial charge in [-0.3, -0.25) is 14.7 Å². The third kappa shape index (κ3) is 6.53. The molecule has 3 heterocycles. The lowest BCUT2D eigenvalue weighted by molar-refractivity contribution is 0.0951. The predicted octanol–water partition coefficient (Wildman–Crippen LogP) is 6.53. The molecule has 0 saturated heterocycles. The fourth-order valence-corrected chi connectivity index (χ4v) is 5.62. The van der Waals surface area contributed by atoms with Crippen LogP contribution in [-0.2, 0) is 26.1 Å². The van der Waals surface area contributed by atoms with Crippen LogP contribution in [0.4, 0.5) is 0 Å². The van der Waals surface area contributed by atoms with Crippen molar-refractivity contribution in [2.75, 3.05) is 0 Å². The molecule has 1 atom stereocenters. The zero-order chi connectivity index (χ0) is 28.0. The van der Waals surface area contributed by atoms with E-state index in [1.807, 2.05) is 36.7 Å². The van der Waals surface area contributed by atoms with Crippen LogP contribution in [0.3, 0.4) is 0 Å². The van der Waals surface area contributed by atoms with Crippen LogP contribution in [0.1, 0.15) is 57.5 Å². The third-order valence-corrected chi connectivity index (χ3v) is 7.73. The molecule has 1 amide bonds. The molecule has 0 bridgehead atoms. The van der Waals surface area contributed by atoms with Gasteiger partial charge in [0.25, 0.3) is 5.91 Å². The molecule has 0 aliphatic heterocycles. The van der Waals surface area contributed by atoms with Crippen molar-refractivity contribution in [1.82, 2.24) is 30.2 Å². The summed E-state index contributed by atoms with van der Waals surface area (Å²) in [5.74, 6) is 0.754. The molecular weight excluding hydrogens is 532 g/mol. The number of aryl methyl sites for hydroxylation is 1. The summed E-state index contributed by atoms with van der Waals surface area (Å²) >= 11 is 5.92. The average molecular weight is 563 g/mol. The van der Waals surface area contributed by atoms with Crippen LogP contribution in [0.15, 0.2) is 97.5 Å². The number of aromatic amines is 1. The second-order valence-electron chi connectivity index (χ2n) is 10.3. The van der Waals surface area contributed by atoms with Gasteiger partial charge in [0, 0.05) is 31.0 Å². The summed E-state index contributed by atoms with van der Waals surface area (Å²) in [4.78, 5) is 32.0. The van der Waals surface area contributed by atoms with Crippen molar-refractivity contribution >= 4 is 17.5 Å². The SMILES string of the molecule is O=C(NCc1ccc(CN(Cc2ncc(-c3ccccc3)[nH]2)C2CCCc3cccnc32)cc1)c1ccnc(Cl)c1.